The summed E-state index contributed by atoms with van der Waals surface area (Å²) in [6, 6.07) is 5.95. The fraction of sp³-hybridized carbons (Fsp3) is 0.312. The monoisotopic (exact) mass is 379 g/mol. The number of nitrogens with zero attached hydrogens (tertiary/aromatic N) is 2. The average Bonchev–Trinajstić information content (AvgIpc) is 2.95. The number of carbonyl (C=O) groups excluding carboxylic acids is 2. The van der Waals surface area contributed by atoms with Crippen LogP contribution >= 0.6 is 11.3 Å². The van der Waals surface area contributed by atoms with E-state index in [-0.39, 0.29) is 23.1 Å². The van der Waals surface area contributed by atoms with Crippen molar-refractivity contribution in [2.45, 2.75) is 31.7 Å². The van der Waals surface area contributed by atoms with Crippen molar-refractivity contribution in [1.82, 2.24) is 9.29 Å². The van der Waals surface area contributed by atoms with E-state index in [1.165, 1.54) is 53.8 Å². The lowest BCUT2D eigenvalue weighted by Crippen LogP contribution is -2.35. The molecule has 9 heteroatoms. The van der Waals surface area contributed by atoms with Gasteiger partial charge in [-0.2, -0.15) is 4.31 Å². The molecular formula is C16H17N3O4S2. The zero-order valence-corrected chi connectivity index (χ0v) is 15.4. The highest BCUT2D eigenvalue weighted by atomic mass is 32.2. The van der Waals surface area contributed by atoms with Crippen molar-refractivity contribution in [3.05, 3.63) is 40.4 Å². The summed E-state index contributed by atoms with van der Waals surface area (Å²) in [6.45, 7) is 3.39. The molecule has 2 heterocycles. The third kappa shape index (κ3) is 3.63. The summed E-state index contributed by atoms with van der Waals surface area (Å²) in [6.07, 6.45) is 0.496. The lowest BCUT2D eigenvalue weighted by atomic mass is 10.2. The van der Waals surface area contributed by atoms with Crippen molar-refractivity contribution in [2.75, 3.05) is 11.9 Å². The summed E-state index contributed by atoms with van der Waals surface area (Å²) in [7, 11) is -3.65. The molecule has 1 aliphatic heterocycles. The first-order chi connectivity index (χ1) is 11.8. The van der Waals surface area contributed by atoms with Gasteiger partial charge in [0.05, 0.1) is 17.1 Å². The van der Waals surface area contributed by atoms with E-state index >= 15 is 0 Å². The molecule has 0 unspecified atom stereocenters. The number of Topliss-reactive ketones (excluding diaryl/α,β-unsaturated/α-hetero) is 1. The van der Waals surface area contributed by atoms with Crippen LogP contribution in [0.1, 0.15) is 34.8 Å². The molecule has 2 aromatic rings. The largest absolute Gasteiger partial charge is 0.302 e. The Morgan fingerprint density at radius 2 is 1.88 bits per heavy atom. The maximum absolute atomic E-state index is 12.8. The minimum Gasteiger partial charge on any atom is -0.302 e. The number of nitrogens with one attached hydrogen (secondary N) is 1. The number of hydrogen-bond acceptors (Lipinski definition) is 6. The maximum Gasteiger partial charge on any atom is 0.243 e. The van der Waals surface area contributed by atoms with E-state index in [1.807, 2.05) is 0 Å². The standard InChI is InChI=1S/C16H17N3O4S2/c1-10(20)12-3-5-13(6-4-12)25(22,23)19-8-7-14-15(9-19)24-16(18-14)17-11(2)21/h3-6H,7-9H2,1-2H3,(H,17,18,21). The van der Waals surface area contributed by atoms with Gasteiger partial charge < -0.3 is 5.32 Å². The molecule has 3 rings (SSSR count). The van der Waals surface area contributed by atoms with Crippen LogP contribution in [-0.4, -0.2) is 35.9 Å². The number of sulfonamides is 1. The molecule has 25 heavy (non-hydrogen) atoms. The van der Waals surface area contributed by atoms with Crippen LogP contribution in [0.25, 0.3) is 0 Å². The molecule has 0 spiro atoms. The molecule has 0 aliphatic carbocycles. The Morgan fingerprint density at radius 1 is 1.20 bits per heavy atom. The zero-order chi connectivity index (χ0) is 18.2. The first kappa shape index (κ1) is 17.7. The van der Waals surface area contributed by atoms with Crippen LogP contribution in [0.5, 0.6) is 0 Å². The van der Waals surface area contributed by atoms with Crippen LogP contribution in [0.15, 0.2) is 29.2 Å². The van der Waals surface area contributed by atoms with E-state index in [2.05, 4.69) is 10.3 Å². The molecular weight excluding hydrogens is 362 g/mol. The second-order valence-electron chi connectivity index (χ2n) is 5.74. The van der Waals surface area contributed by atoms with E-state index < -0.39 is 10.0 Å². The molecule has 0 saturated heterocycles. The first-order valence-corrected chi connectivity index (χ1v) is 9.90. The van der Waals surface area contributed by atoms with Crippen molar-refractivity contribution < 1.29 is 18.0 Å². The summed E-state index contributed by atoms with van der Waals surface area (Å²) in [5.41, 5.74) is 1.30. The van der Waals surface area contributed by atoms with Crippen LogP contribution < -0.4 is 5.32 Å². The van der Waals surface area contributed by atoms with E-state index in [1.54, 1.807) is 0 Å². The van der Waals surface area contributed by atoms with Gasteiger partial charge in [-0.05, 0) is 19.1 Å². The number of thiazole rings is 1. The normalized spacial score (nSPS) is 14.8. The fourth-order valence-electron chi connectivity index (χ4n) is 2.59. The number of aromatic nitrogens is 1. The molecule has 0 fully saturated rings. The van der Waals surface area contributed by atoms with Gasteiger partial charge in [0.25, 0.3) is 0 Å². The first-order valence-electron chi connectivity index (χ1n) is 7.64. The lowest BCUT2D eigenvalue weighted by molar-refractivity contribution is -0.114. The third-order valence-corrected chi connectivity index (χ3v) is 6.74. The Hall–Kier alpha value is -2.10. The third-order valence-electron chi connectivity index (χ3n) is 3.88. The summed E-state index contributed by atoms with van der Waals surface area (Å²) < 4.78 is 27.0. The highest BCUT2D eigenvalue weighted by Crippen LogP contribution is 2.31. The molecule has 1 aromatic heterocycles. The Labute approximate surface area is 149 Å². The average molecular weight is 379 g/mol. The number of anilines is 1. The number of rotatable bonds is 4. The molecule has 0 atom stereocenters. The summed E-state index contributed by atoms with van der Waals surface area (Å²) in [5, 5.41) is 3.12. The van der Waals surface area contributed by atoms with Gasteiger partial charge in [-0.3, -0.25) is 9.59 Å². The topological polar surface area (TPSA) is 96.4 Å². The fourth-order valence-corrected chi connectivity index (χ4v) is 5.15. The van der Waals surface area contributed by atoms with E-state index in [0.717, 1.165) is 10.6 Å². The van der Waals surface area contributed by atoms with Crippen LogP contribution in [0.2, 0.25) is 0 Å². The predicted octanol–water partition coefficient (Wildman–Crippen LogP) is 2.05. The van der Waals surface area contributed by atoms with Gasteiger partial charge >= 0.3 is 0 Å². The molecule has 7 nitrogen and oxygen atoms in total. The zero-order valence-electron chi connectivity index (χ0n) is 13.8. The van der Waals surface area contributed by atoms with Crippen molar-refractivity contribution in [3.63, 3.8) is 0 Å². The molecule has 1 aliphatic rings. The Kier molecular flexibility index (Phi) is 4.72. The number of fused-ring (bicyclic) bond motifs is 1. The highest BCUT2D eigenvalue weighted by molar-refractivity contribution is 7.89. The molecule has 1 N–H and O–H groups in total. The Bertz CT molecular complexity index is 933. The number of carbonyl (C=O) groups is 2. The van der Waals surface area contributed by atoms with Gasteiger partial charge in [-0.1, -0.05) is 12.1 Å². The second-order valence-corrected chi connectivity index (χ2v) is 8.76. The number of amides is 1. The van der Waals surface area contributed by atoms with Gasteiger partial charge in [0, 0.05) is 30.3 Å². The molecule has 1 aromatic carbocycles. The summed E-state index contributed by atoms with van der Waals surface area (Å²) in [4.78, 5) is 27.8. The van der Waals surface area contributed by atoms with Crippen molar-refractivity contribution in [3.8, 4) is 0 Å². The lowest BCUT2D eigenvalue weighted by Gasteiger charge is -2.25. The Balaban J connectivity index is 1.83. The minimum absolute atomic E-state index is 0.110. The van der Waals surface area contributed by atoms with E-state index in [4.69, 9.17) is 0 Å². The summed E-state index contributed by atoms with van der Waals surface area (Å²) >= 11 is 1.29. The number of hydrogen-bond donors (Lipinski definition) is 1. The molecule has 0 saturated carbocycles. The quantitative estimate of drug-likeness (QED) is 0.820. The Morgan fingerprint density at radius 3 is 2.48 bits per heavy atom. The van der Waals surface area contributed by atoms with Gasteiger partial charge in [-0.25, -0.2) is 13.4 Å². The molecule has 0 radical (unpaired) electrons. The SMILES string of the molecule is CC(=O)Nc1nc2c(s1)CN(S(=O)(=O)c1ccc(C(C)=O)cc1)CC2. The van der Waals surface area contributed by atoms with Gasteiger partial charge in [0.2, 0.25) is 15.9 Å². The van der Waals surface area contributed by atoms with Crippen molar-refractivity contribution >= 4 is 38.2 Å². The predicted molar refractivity (Wildman–Crippen MR) is 94.2 cm³/mol. The molecule has 132 valence electrons. The smallest absolute Gasteiger partial charge is 0.243 e. The van der Waals surface area contributed by atoms with Crippen molar-refractivity contribution in [2.24, 2.45) is 0 Å². The minimum atomic E-state index is -3.65. The van der Waals surface area contributed by atoms with Gasteiger partial charge in [-0.15, -0.1) is 11.3 Å². The summed E-state index contributed by atoms with van der Waals surface area (Å²) in [5.74, 6) is -0.317. The highest BCUT2D eigenvalue weighted by Gasteiger charge is 2.30. The van der Waals surface area contributed by atoms with E-state index in [9.17, 15) is 18.0 Å². The number of ketones is 1. The van der Waals surface area contributed by atoms with Crippen LogP contribution in [0, 0.1) is 0 Å². The van der Waals surface area contributed by atoms with Crippen LogP contribution in [-0.2, 0) is 27.8 Å². The second kappa shape index (κ2) is 6.66. The van der Waals surface area contributed by atoms with Gasteiger partial charge in [0.15, 0.2) is 10.9 Å². The number of benzene rings is 1. The molecule has 1 amide bonds. The van der Waals surface area contributed by atoms with Crippen LogP contribution in [0.3, 0.4) is 0 Å². The van der Waals surface area contributed by atoms with Crippen LogP contribution in [0.4, 0.5) is 5.13 Å². The van der Waals surface area contributed by atoms with E-state index in [0.29, 0.717) is 23.7 Å². The van der Waals surface area contributed by atoms with Gasteiger partial charge in [0.1, 0.15) is 0 Å². The molecule has 0 bridgehead atoms. The van der Waals surface area contributed by atoms with Crippen molar-refractivity contribution in [1.29, 1.82) is 0 Å². The maximum atomic E-state index is 12.8.